The molecule has 0 radical (unpaired) electrons. The molecule has 0 aromatic heterocycles. The molecule has 1 aromatic rings. The van der Waals surface area contributed by atoms with Crippen LogP contribution in [0.4, 0.5) is 13.2 Å². The molecule has 0 spiro atoms. The maximum atomic E-state index is 14.0. The molecule has 126 valence electrons. The minimum atomic E-state index is -1.67. The molecule has 1 amide bonds. The van der Waals surface area contributed by atoms with Crippen LogP contribution in [-0.4, -0.2) is 41.6 Å². The maximum Gasteiger partial charge on any atom is 0.257 e. The fourth-order valence-corrected chi connectivity index (χ4v) is 3.61. The highest BCUT2D eigenvalue weighted by Gasteiger charge is 2.36. The van der Waals surface area contributed by atoms with E-state index in [1.165, 1.54) is 0 Å². The van der Waals surface area contributed by atoms with Gasteiger partial charge in [-0.15, -0.1) is 0 Å². The van der Waals surface area contributed by atoms with E-state index in [9.17, 15) is 23.1 Å². The van der Waals surface area contributed by atoms with Crippen LogP contribution in [0.25, 0.3) is 0 Å². The Labute approximate surface area is 132 Å². The normalized spacial score (nSPS) is 24.9. The van der Waals surface area contributed by atoms with Crippen molar-refractivity contribution in [3.63, 3.8) is 0 Å². The number of nitrogens with one attached hydrogen (secondary N) is 1. The number of nitrogens with zero attached hydrogens (tertiary/aromatic N) is 1. The van der Waals surface area contributed by atoms with Crippen molar-refractivity contribution in [3.05, 3.63) is 29.1 Å². The van der Waals surface area contributed by atoms with Gasteiger partial charge in [-0.1, -0.05) is 0 Å². The second kappa shape index (κ2) is 6.39. The van der Waals surface area contributed by atoms with Crippen LogP contribution in [0, 0.1) is 23.4 Å². The fourth-order valence-electron chi connectivity index (χ4n) is 3.61. The molecule has 3 rings (SSSR count). The first kappa shape index (κ1) is 16.1. The lowest BCUT2D eigenvalue weighted by Gasteiger charge is -2.39. The largest absolute Gasteiger partial charge is 0.503 e. The zero-order valence-corrected chi connectivity index (χ0v) is 12.6. The number of carbonyl (C=O) groups excluding carboxylic acids is 1. The lowest BCUT2D eigenvalue weighted by Crippen LogP contribution is -2.48. The number of hydrogen-bond donors (Lipinski definition) is 2. The van der Waals surface area contributed by atoms with E-state index in [1.54, 1.807) is 4.90 Å². The van der Waals surface area contributed by atoms with Gasteiger partial charge in [-0.2, -0.15) is 4.39 Å². The van der Waals surface area contributed by atoms with Gasteiger partial charge in [0.2, 0.25) is 5.82 Å². The monoisotopic (exact) mass is 328 g/mol. The molecule has 2 atom stereocenters. The van der Waals surface area contributed by atoms with Gasteiger partial charge in [0.25, 0.3) is 5.91 Å². The highest BCUT2D eigenvalue weighted by molar-refractivity contribution is 5.95. The number of carbonyl (C=O) groups is 1. The molecule has 0 aliphatic carbocycles. The van der Waals surface area contributed by atoms with Crippen LogP contribution < -0.4 is 5.32 Å². The summed E-state index contributed by atoms with van der Waals surface area (Å²) in [6.07, 6.45) is 3.52. The first-order valence-corrected chi connectivity index (χ1v) is 7.89. The first-order chi connectivity index (χ1) is 11.0. The van der Waals surface area contributed by atoms with Crippen molar-refractivity contribution in [2.75, 3.05) is 19.6 Å². The summed E-state index contributed by atoms with van der Waals surface area (Å²) >= 11 is 0. The molecular formula is C16H19F3N2O2. The van der Waals surface area contributed by atoms with Gasteiger partial charge in [0.1, 0.15) is 0 Å². The second-order valence-corrected chi connectivity index (χ2v) is 6.20. The summed E-state index contributed by atoms with van der Waals surface area (Å²) in [5.74, 6) is -6.35. The minimum Gasteiger partial charge on any atom is -0.503 e. The third kappa shape index (κ3) is 2.89. The lowest BCUT2D eigenvalue weighted by molar-refractivity contribution is 0.0523. The van der Waals surface area contributed by atoms with Crippen molar-refractivity contribution < 1.29 is 23.1 Å². The van der Waals surface area contributed by atoms with Gasteiger partial charge in [0, 0.05) is 12.6 Å². The molecule has 1 aromatic carbocycles. The van der Waals surface area contributed by atoms with Crippen molar-refractivity contribution in [1.82, 2.24) is 10.2 Å². The number of rotatable bonds is 2. The molecule has 2 aliphatic rings. The number of halogens is 3. The van der Waals surface area contributed by atoms with Gasteiger partial charge in [-0.3, -0.25) is 4.79 Å². The zero-order valence-electron chi connectivity index (χ0n) is 12.6. The summed E-state index contributed by atoms with van der Waals surface area (Å²) < 4.78 is 40.7. The number of amides is 1. The maximum absolute atomic E-state index is 14.0. The van der Waals surface area contributed by atoms with Crippen molar-refractivity contribution in [2.24, 2.45) is 5.92 Å². The summed E-state index contributed by atoms with van der Waals surface area (Å²) in [5, 5.41) is 12.6. The summed E-state index contributed by atoms with van der Waals surface area (Å²) in [6.45, 7) is 2.13. The average Bonchev–Trinajstić information content (AvgIpc) is 3.10. The van der Waals surface area contributed by atoms with E-state index in [2.05, 4.69) is 5.32 Å². The summed E-state index contributed by atoms with van der Waals surface area (Å²) in [4.78, 5) is 14.2. The van der Waals surface area contributed by atoms with Crippen molar-refractivity contribution >= 4 is 5.91 Å². The van der Waals surface area contributed by atoms with E-state index in [1.807, 2.05) is 0 Å². The van der Waals surface area contributed by atoms with Gasteiger partial charge in [-0.05, 0) is 50.8 Å². The van der Waals surface area contributed by atoms with E-state index in [-0.39, 0.29) is 12.0 Å². The van der Waals surface area contributed by atoms with Gasteiger partial charge < -0.3 is 15.3 Å². The predicted octanol–water partition coefficient (Wildman–Crippen LogP) is 2.41. The van der Waals surface area contributed by atoms with Crippen LogP contribution in [0.2, 0.25) is 0 Å². The molecule has 2 N–H and O–H groups in total. The molecule has 2 fully saturated rings. The van der Waals surface area contributed by atoms with Gasteiger partial charge >= 0.3 is 0 Å². The van der Waals surface area contributed by atoms with Crippen LogP contribution in [-0.2, 0) is 0 Å². The minimum absolute atomic E-state index is 0.0408. The Morgan fingerprint density at radius 2 is 2.00 bits per heavy atom. The number of aromatic hydroxyl groups is 1. The number of phenolic OH excluding ortho intramolecular Hbond substituents is 1. The SMILES string of the molecule is O=C(c1cc(F)c(F)c(O)c1F)N1CCCCC1C1CCNC1. The molecule has 2 aliphatic heterocycles. The Kier molecular flexibility index (Phi) is 4.48. The highest BCUT2D eigenvalue weighted by atomic mass is 19.2. The molecule has 4 nitrogen and oxygen atoms in total. The van der Waals surface area contributed by atoms with Crippen LogP contribution in [0.1, 0.15) is 36.0 Å². The first-order valence-electron chi connectivity index (χ1n) is 7.89. The molecule has 2 heterocycles. The van der Waals surface area contributed by atoms with Crippen molar-refractivity contribution in [2.45, 2.75) is 31.7 Å². The van der Waals surface area contributed by atoms with E-state index in [4.69, 9.17) is 0 Å². The molecule has 0 bridgehead atoms. The topological polar surface area (TPSA) is 52.6 Å². The molecule has 7 heteroatoms. The van der Waals surface area contributed by atoms with E-state index in [0.717, 1.165) is 38.8 Å². The number of likely N-dealkylation sites (tertiary alicyclic amines) is 1. The predicted molar refractivity (Wildman–Crippen MR) is 77.6 cm³/mol. The molecule has 0 saturated carbocycles. The van der Waals surface area contributed by atoms with E-state index < -0.39 is 34.7 Å². The lowest BCUT2D eigenvalue weighted by atomic mass is 9.89. The molecular weight excluding hydrogens is 309 g/mol. The summed E-state index contributed by atoms with van der Waals surface area (Å²) in [6, 6.07) is 0.492. The number of piperidine rings is 1. The second-order valence-electron chi connectivity index (χ2n) is 6.20. The van der Waals surface area contributed by atoms with E-state index in [0.29, 0.717) is 12.6 Å². The van der Waals surface area contributed by atoms with Crippen molar-refractivity contribution in [3.8, 4) is 5.75 Å². The Morgan fingerprint density at radius 3 is 2.70 bits per heavy atom. The van der Waals surface area contributed by atoms with Crippen LogP contribution in [0.15, 0.2) is 6.07 Å². The highest BCUT2D eigenvalue weighted by Crippen LogP contribution is 2.31. The van der Waals surface area contributed by atoms with E-state index >= 15 is 0 Å². The Bertz CT molecular complexity index is 618. The van der Waals surface area contributed by atoms with Crippen LogP contribution >= 0.6 is 0 Å². The van der Waals surface area contributed by atoms with Gasteiger partial charge in [-0.25, -0.2) is 8.78 Å². The van der Waals surface area contributed by atoms with Crippen LogP contribution in [0.5, 0.6) is 5.75 Å². The third-order valence-electron chi connectivity index (χ3n) is 4.82. The fraction of sp³-hybridized carbons (Fsp3) is 0.562. The molecule has 23 heavy (non-hydrogen) atoms. The van der Waals surface area contributed by atoms with Gasteiger partial charge in [0.15, 0.2) is 17.4 Å². The number of benzene rings is 1. The number of phenols is 1. The standard InChI is InChI=1S/C16H19F3N2O2/c17-11-7-10(13(18)15(22)14(11)19)16(23)21-6-2-1-3-12(21)9-4-5-20-8-9/h7,9,12,20,22H,1-6,8H2. The Hall–Kier alpha value is -1.76. The quantitative estimate of drug-likeness (QED) is 0.820. The summed E-state index contributed by atoms with van der Waals surface area (Å²) in [7, 11) is 0. The average molecular weight is 328 g/mol. The molecule has 2 unspecified atom stereocenters. The van der Waals surface area contributed by atoms with Gasteiger partial charge in [0.05, 0.1) is 5.56 Å². The van der Waals surface area contributed by atoms with Crippen LogP contribution in [0.3, 0.4) is 0 Å². The van der Waals surface area contributed by atoms with Crippen molar-refractivity contribution in [1.29, 1.82) is 0 Å². The smallest absolute Gasteiger partial charge is 0.257 e. The third-order valence-corrected chi connectivity index (χ3v) is 4.82. The number of hydrogen-bond acceptors (Lipinski definition) is 3. The Morgan fingerprint density at radius 1 is 1.22 bits per heavy atom. The molecule has 2 saturated heterocycles. The zero-order chi connectivity index (χ0) is 16.6. The Balaban J connectivity index is 1.91. The summed E-state index contributed by atoms with van der Waals surface area (Å²) in [5.41, 5.74) is -0.612.